The second kappa shape index (κ2) is 6.76. The fourth-order valence-electron chi connectivity index (χ4n) is 1.51. The van der Waals surface area contributed by atoms with Crippen molar-refractivity contribution in [2.75, 3.05) is 6.61 Å². The highest BCUT2D eigenvalue weighted by Gasteiger charge is 2.11. The quantitative estimate of drug-likeness (QED) is 0.653. The number of nitrogens with one attached hydrogen (secondary N) is 1. The Morgan fingerprint density at radius 2 is 2.24 bits per heavy atom. The first kappa shape index (κ1) is 14.9. The number of nitrogens with zero attached hydrogens (tertiary/aromatic N) is 1. The number of benzene rings is 1. The van der Waals surface area contributed by atoms with E-state index in [-0.39, 0.29) is 35.5 Å². The van der Waals surface area contributed by atoms with Gasteiger partial charge in [0.1, 0.15) is 11.5 Å². The number of carbonyl (C=O) groups excluding carboxylic acids is 1. The number of non-ortho nitro benzene ring substituents is 1. The van der Waals surface area contributed by atoms with Crippen LogP contribution in [0.3, 0.4) is 0 Å². The zero-order valence-corrected chi connectivity index (χ0v) is 11.5. The molecule has 0 saturated carbocycles. The molecule has 0 aliphatic heterocycles. The number of halogens is 1. The lowest BCUT2D eigenvalue weighted by atomic mass is 10.3. The molecule has 0 bridgehead atoms. The summed E-state index contributed by atoms with van der Waals surface area (Å²) >= 11 is 5.84. The van der Waals surface area contributed by atoms with Crippen LogP contribution in [0.1, 0.15) is 5.76 Å². The number of nitro groups is 1. The van der Waals surface area contributed by atoms with Crippen molar-refractivity contribution in [3.05, 3.63) is 57.5 Å². The number of hydrogen-bond donors (Lipinski definition) is 1. The standard InChI is InChI=1S/C13H11ClN2O5/c14-11-6-9(16(18)19)3-4-12(11)21-8-13(17)15-7-10-2-1-5-20-10/h1-6H,7-8H2,(H,15,17). The Bertz CT molecular complexity index is 642. The topological polar surface area (TPSA) is 94.6 Å². The van der Waals surface area contributed by atoms with E-state index in [0.717, 1.165) is 6.07 Å². The second-order valence-electron chi connectivity index (χ2n) is 4.02. The highest BCUT2D eigenvalue weighted by molar-refractivity contribution is 6.32. The van der Waals surface area contributed by atoms with Crippen LogP contribution in [0.15, 0.2) is 41.0 Å². The largest absolute Gasteiger partial charge is 0.482 e. The SMILES string of the molecule is O=C(COc1ccc([N+](=O)[O-])cc1Cl)NCc1ccco1. The van der Waals surface area contributed by atoms with Gasteiger partial charge in [0.25, 0.3) is 11.6 Å². The molecule has 1 amide bonds. The van der Waals surface area contributed by atoms with Gasteiger partial charge in [-0.1, -0.05) is 11.6 Å². The van der Waals surface area contributed by atoms with E-state index in [1.165, 1.54) is 18.4 Å². The summed E-state index contributed by atoms with van der Waals surface area (Å²) in [6.07, 6.45) is 1.51. The van der Waals surface area contributed by atoms with Gasteiger partial charge in [-0.05, 0) is 18.2 Å². The zero-order valence-electron chi connectivity index (χ0n) is 10.7. The molecule has 1 heterocycles. The molecule has 0 aliphatic rings. The molecule has 0 unspecified atom stereocenters. The maximum absolute atomic E-state index is 11.6. The van der Waals surface area contributed by atoms with Crippen molar-refractivity contribution in [3.63, 3.8) is 0 Å². The number of nitro benzene ring substituents is 1. The first-order chi connectivity index (χ1) is 10.1. The maximum atomic E-state index is 11.6. The van der Waals surface area contributed by atoms with Gasteiger partial charge in [0.15, 0.2) is 6.61 Å². The van der Waals surface area contributed by atoms with Gasteiger partial charge in [-0.3, -0.25) is 14.9 Å². The molecule has 0 radical (unpaired) electrons. The molecule has 0 spiro atoms. The minimum absolute atomic E-state index is 0.0723. The summed E-state index contributed by atoms with van der Waals surface area (Å²) in [4.78, 5) is 21.6. The first-order valence-corrected chi connectivity index (χ1v) is 6.30. The van der Waals surface area contributed by atoms with Gasteiger partial charge in [-0.25, -0.2) is 0 Å². The van der Waals surface area contributed by atoms with Crippen LogP contribution < -0.4 is 10.1 Å². The summed E-state index contributed by atoms with van der Waals surface area (Å²) in [5.41, 5.74) is -0.144. The van der Waals surface area contributed by atoms with Gasteiger partial charge in [0.2, 0.25) is 0 Å². The summed E-state index contributed by atoms with van der Waals surface area (Å²) in [6, 6.07) is 7.21. The molecular weight excluding hydrogens is 300 g/mol. The zero-order chi connectivity index (χ0) is 15.2. The van der Waals surface area contributed by atoms with E-state index in [9.17, 15) is 14.9 Å². The molecule has 110 valence electrons. The van der Waals surface area contributed by atoms with E-state index in [0.29, 0.717) is 5.76 Å². The van der Waals surface area contributed by atoms with Crippen LogP contribution in [0, 0.1) is 10.1 Å². The van der Waals surface area contributed by atoms with Crippen LogP contribution in [0.2, 0.25) is 5.02 Å². The van der Waals surface area contributed by atoms with Crippen molar-refractivity contribution in [1.82, 2.24) is 5.32 Å². The van der Waals surface area contributed by atoms with E-state index >= 15 is 0 Å². The smallest absolute Gasteiger partial charge is 0.271 e. The minimum atomic E-state index is -0.564. The Kier molecular flexibility index (Phi) is 4.78. The fraction of sp³-hybridized carbons (Fsp3) is 0.154. The van der Waals surface area contributed by atoms with Gasteiger partial charge in [-0.15, -0.1) is 0 Å². The minimum Gasteiger partial charge on any atom is -0.482 e. The van der Waals surface area contributed by atoms with Crippen molar-refractivity contribution in [2.24, 2.45) is 0 Å². The van der Waals surface area contributed by atoms with E-state index in [1.807, 2.05) is 0 Å². The Morgan fingerprint density at radius 3 is 2.86 bits per heavy atom. The third-order valence-electron chi connectivity index (χ3n) is 2.52. The average Bonchev–Trinajstić information content (AvgIpc) is 2.97. The molecule has 21 heavy (non-hydrogen) atoms. The van der Waals surface area contributed by atoms with Crippen LogP contribution >= 0.6 is 11.6 Å². The summed E-state index contributed by atoms with van der Waals surface area (Å²) in [5.74, 6) is 0.466. The lowest BCUT2D eigenvalue weighted by Crippen LogP contribution is -2.28. The summed E-state index contributed by atoms with van der Waals surface area (Å²) in [7, 11) is 0. The normalized spacial score (nSPS) is 10.1. The third-order valence-corrected chi connectivity index (χ3v) is 2.82. The van der Waals surface area contributed by atoms with E-state index in [1.54, 1.807) is 12.1 Å². The molecule has 7 nitrogen and oxygen atoms in total. The molecule has 2 aromatic rings. The van der Waals surface area contributed by atoms with Crippen LogP contribution in [0.4, 0.5) is 5.69 Å². The third kappa shape index (κ3) is 4.22. The van der Waals surface area contributed by atoms with E-state index in [2.05, 4.69) is 5.32 Å². The van der Waals surface area contributed by atoms with Crippen molar-refractivity contribution >= 4 is 23.2 Å². The summed E-state index contributed by atoms with van der Waals surface area (Å²) < 4.78 is 10.3. The lowest BCUT2D eigenvalue weighted by molar-refractivity contribution is -0.384. The van der Waals surface area contributed by atoms with E-state index < -0.39 is 4.92 Å². The molecule has 1 aromatic carbocycles. The molecule has 0 saturated heterocycles. The van der Waals surface area contributed by atoms with Crippen molar-refractivity contribution < 1.29 is 18.9 Å². The van der Waals surface area contributed by atoms with E-state index in [4.69, 9.17) is 20.8 Å². The number of carbonyl (C=O) groups is 1. The fourth-order valence-corrected chi connectivity index (χ4v) is 1.74. The lowest BCUT2D eigenvalue weighted by Gasteiger charge is -2.08. The predicted octanol–water partition coefficient (Wildman–Crippen LogP) is 2.54. The van der Waals surface area contributed by atoms with Crippen molar-refractivity contribution in [2.45, 2.75) is 6.54 Å². The number of ether oxygens (including phenoxy) is 1. The Morgan fingerprint density at radius 1 is 1.43 bits per heavy atom. The van der Waals surface area contributed by atoms with Gasteiger partial charge < -0.3 is 14.5 Å². The first-order valence-electron chi connectivity index (χ1n) is 5.92. The number of furan rings is 1. The molecular formula is C13H11ClN2O5. The Hall–Kier alpha value is -2.54. The highest BCUT2D eigenvalue weighted by Crippen LogP contribution is 2.28. The van der Waals surface area contributed by atoms with Crippen LogP contribution in [-0.4, -0.2) is 17.4 Å². The Labute approximate surface area is 124 Å². The van der Waals surface area contributed by atoms with Crippen molar-refractivity contribution in [1.29, 1.82) is 0 Å². The van der Waals surface area contributed by atoms with Gasteiger partial charge in [0.05, 0.1) is 22.8 Å². The average molecular weight is 311 g/mol. The molecule has 1 N–H and O–H groups in total. The van der Waals surface area contributed by atoms with Crippen LogP contribution in [0.25, 0.3) is 0 Å². The van der Waals surface area contributed by atoms with Gasteiger partial charge >= 0.3 is 0 Å². The summed E-state index contributed by atoms with van der Waals surface area (Å²) in [5, 5.41) is 13.2. The highest BCUT2D eigenvalue weighted by atomic mass is 35.5. The number of amides is 1. The number of hydrogen-bond acceptors (Lipinski definition) is 5. The summed E-state index contributed by atoms with van der Waals surface area (Å²) in [6.45, 7) is 0.00142. The van der Waals surface area contributed by atoms with Gasteiger partial charge in [-0.2, -0.15) is 0 Å². The molecule has 1 aromatic heterocycles. The molecule has 8 heteroatoms. The molecule has 0 aliphatic carbocycles. The Balaban J connectivity index is 1.85. The predicted molar refractivity (Wildman–Crippen MR) is 74.2 cm³/mol. The molecule has 2 rings (SSSR count). The molecule has 0 atom stereocenters. The second-order valence-corrected chi connectivity index (χ2v) is 4.42. The molecule has 0 fully saturated rings. The monoisotopic (exact) mass is 310 g/mol. The number of rotatable bonds is 6. The van der Waals surface area contributed by atoms with Crippen LogP contribution in [-0.2, 0) is 11.3 Å². The van der Waals surface area contributed by atoms with Gasteiger partial charge in [0, 0.05) is 12.1 Å². The van der Waals surface area contributed by atoms with Crippen molar-refractivity contribution in [3.8, 4) is 5.75 Å². The maximum Gasteiger partial charge on any atom is 0.271 e. The van der Waals surface area contributed by atoms with Crippen LogP contribution in [0.5, 0.6) is 5.75 Å².